The maximum Gasteiger partial charge on any atom is 0.291 e. The number of hydrogen-bond acceptors (Lipinski definition) is 22. The SMILES string of the molecule is C.C.CC(C)(CCc1nsc2ccccc12)N1CCCCC1.Cc1ccc2nc(-c3ccc(C)c(O)c3)cn2c1.NC1C(c2nc3ccccc3s2)CC(=O)N1C1CC1.O=C(C1CC1)N1CCN(Cn2oc3ccccc3c2=O)CC1.O=C(C1CC1)N1CCN(Cn2sc3ccccc3c2=O)CC1.Oc1ccc(-c2csc(NC3CCCC3)n2)cc1O. The van der Waals surface area contributed by atoms with Gasteiger partial charge in [0.2, 0.25) is 17.7 Å². The predicted octanol–water partition coefficient (Wildman–Crippen LogP) is 17.4. The molecule has 8 fully saturated rings. The summed E-state index contributed by atoms with van der Waals surface area (Å²) in [5.41, 5.74) is 15.9. The molecule has 0 spiro atoms. The lowest BCUT2D eigenvalue weighted by Gasteiger charge is -2.41. The molecule has 2 atom stereocenters. The maximum absolute atomic E-state index is 12.4. The van der Waals surface area contributed by atoms with Crippen LogP contribution >= 0.6 is 45.7 Å². The monoisotopic (exact) mass is 1730 g/mol. The zero-order valence-electron chi connectivity index (χ0n) is 68.7. The number of aromatic hydroxyl groups is 3. The largest absolute Gasteiger partial charge is 0.508 e. The molecule has 2 unspecified atom stereocenters. The number of likely N-dealkylation sites (tertiary alicyclic amines) is 2. The van der Waals surface area contributed by atoms with Gasteiger partial charge in [-0.25, -0.2) is 18.9 Å². The Morgan fingerprint density at radius 2 is 1.20 bits per heavy atom. The third kappa shape index (κ3) is 21.4. The zero-order valence-corrected chi connectivity index (χ0v) is 71.9. The van der Waals surface area contributed by atoms with Gasteiger partial charge in [0.05, 0.1) is 66.2 Å². The van der Waals surface area contributed by atoms with E-state index in [1.807, 2.05) is 127 Å². The first-order valence-electron chi connectivity index (χ1n) is 42.4. The average Bonchev–Trinajstić information content (AvgIpc) is 1.61. The lowest BCUT2D eigenvalue weighted by Crippen LogP contribution is -2.49. The van der Waals surface area contributed by atoms with Crippen LogP contribution in [0.15, 0.2) is 177 Å². The highest BCUT2D eigenvalue weighted by Crippen LogP contribution is 2.42. The molecule has 122 heavy (non-hydrogen) atoms. The van der Waals surface area contributed by atoms with Crippen LogP contribution in [-0.4, -0.2) is 184 Å². The summed E-state index contributed by atoms with van der Waals surface area (Å²) in [6.07, 6.45) is 22.2. The van der Waals surface area contributed by atoms with E-state index < -0.39 is 0 Å². The van der Waals surface area contributed by atoms with Crippen molar-refractivity contribution in [1.82, 2.24) is 61.8 Å². The van der Waals surface area contributed by atoms with Crippen LogP contribution in [0.4, 0.5) is 5.13 Å². The summed E-state index contributed by atoms with van der Waals surface area (Å²) < 4.78 is 19.0. The minimum atomic E-state index is -0.194. The third-order valence-electron chi connectivity index (χ3n) is 24.2. The molecule has 4 aliphatic carbocycles. The lowest BCUT2D eigenvalue weighted by molar-refractivity contribution is -0.135. The van der Waals surface area contributed by atoms with Crippen molar-refractivity contribution in [2.75, 3.05) is 70.8 Å². The Morgan fingerprint density at radius 3 is 1.85 bits per heavy atom. The second-order valence-electron chi connectivity index (χ2n) is 33.6. The van der Waals surface area contributed by atoms with Crippen LogP contribution in [0.1, 0.15) is 153 Å². The second-order valence-corrected chi connectivity index (χ2v) is 37.4. The molecule has 13 aromatic rings. The van der Waals surface area contributed by atoms with E-state index in [-0.39, 0.29) is 61.4 Å². The minimum Gasteiger partial charge on any atom is -0.508 e. The van der Waals surface area contributed by atoms with Crippen LogP contribution in [-0.2, 0) is 34.1 Å². The van der Waals surface area contributed by atoms with Gasteiger partial charge in [0.25, 0.3) is 11.1 Å². The van der Waals surface area contributed by atoms with Crippen molar-refractivity contribution in [2.45, 2.75) is 188 Å². The predicted molar refractivity (Wildman–Crippen MR) is 493 cm³/mol. The lowest BCUT2D eigenvalue weighted by atomic mass is 9.92. The number of pyridine rings is 1. The van der Waals surface area contributed by atoms with Gasteiger partial charge in [0.1, 0.15) is 23.1 Å². The number of nitrogens with zero attached hydrogens (tertiary/aromatic N) is 13. The van der Waals surface area contributed by atoms with Crippen molar-refractivity contribution in [2.24, 2.45) is 17.6 Å². The van der Waals surface area contributed by atoms with E-state index in [0.29, 0.717) is 71.8 Å². The smallest absolute Gasteiger partial charge is 0.291 e. The van der Waals surface area contributed by atoms with Crippen LogP contribution in [0.3, 0.4) is 0 Å². The summed E-state index contributed by atoms with van der Waals surface area (Å²) in [6.45, 7) is 18.6. The van der Waals surface area contributed by atoms with Crippen molar-refractivity contribution < 1.29 is 34.2 Å². The molecule has 24 nitrogen and oxygen atoms in total. The number of fused-ring (bicyclic) bond motifs is 5. The number of thiazole rings is 2. The summed E-state index contributed by atoms with van der Waals surface area (Å²) in [6, 6.07) is 47.1. The summed E-state index contributed by atoms with van der Waals surface area (Å²) in [5.74, 6) is 1.56. The highest BCUT2D eigenvalue weighted by atomic mass is 32.1. The van der Waals surface area contributed by atoms with E-state index in [4.69, 9.17) is 10.3 Å². The number of aryl methyl sites for hydroxylation is 3. The number of carbonyl (C=O) groups excluding carboxylic acids is 3. The molecular formula is C94H115N15O9S4. The molecule has 4 saturated carbocycles. The molecule has 6 aromatic carbocycles. The number of piperidine rings is 1. The van der Waals surface area contributed by atoms with Gasteiger partial charge in [-0.1, -0.05) is 118 Å². The van der Waals surface area contributed by atoms with Gasteiger partial charge in [0, 0.05) is 123 Å². The molecule has 4 saturated heterocycles. The number of piperazine rings is 2. The standard InChI is InChI=1S/C17H24N2S.C16H19N3O3.C16H19N3O2S.C15H14N2O.C14H15N3OS.C14H16N2O2S.2CH4/c1-17(2,19-12-6-3-7-13-19)11-10-15-14-8-4-5-9-16(14)20-18-15;2*20-15(12-5-6-12)18-9-7-17(8-10-18)11-19-16(21)13-3-1-2-4-14(13)22-19;1-10-3-6-15-16-13(9-17(15)8-10)12-5-4-11(2)14(18)7-12;15-13-9(7-12(18)17(13)8-5-6-8)14-16-10-3-1-2-4-11(10)19-14;17-12-6-5-9(7-13(12)18)11-8-19-14(16-11)15-10-3-1-2-4-10;;/h4-5,8-9H,3,6-7,10-13H2,1-2H3;2*1-4,12H,5-11H2;3-9,18H,1-2H3;1-4,8-9,13H,5-7,15H2;5-8,10,17-18H,1-4H2,(H,15,16);2*1H4. The summed E-state index contributed by atoms with van der Waals surface area (Å²) in [4.78, 5) is 87.4. The number of phenols is 3. The molecule has 7 aromatic heterocycles. The Hall–Kier alpha value is -10.2. The number of amides is 3. The number of nitrogens with one attached hydrogen (secondary N) is 1. The Morgan fingerprint density at radius 1 is 0.590 bits per heavy atom. The van der Waals surface area contributed by atoms with E-state index in [2.05, 4.69) is 90.4 Å². The Labute approximate surface area is 729 Å². The molecule has 0 bridgehead atoms. The van der Waals surface area contributed by atoms with Gasteiger partial charge in [-0.3, -0.25) is 38.7 Å². The summed E-state index contributed by atoms with van der Waals surface area (Å²) in [7, 11) is 0. The fraction of sp³-hybridized carbons (Fsp3) is 0.436. The highest BCUT2D eigenvalue weighted by Gasteiger charge is 2.47. The number of aromatic nitrogens is 7. The molecule has 3 amide bonds. The molecule has 6 N–H and O–H groups in total. The Balaban J connectivity index is 0.000000119. The van der Waals surface area contributed by atoms with Gasteiger partial charge in [-0.05, 0) is 213 Å². The van der Waals surface area contributed by atoms with Crippen LogP contribution in [0, 0.1) is 25.7 Å². The zero-order chi connectivity index (χ0) is 83.1. The van der Waals surface area contributed by atoms with Gasteiger partial charge in [-0.2, -0.15) is 9.11 Å². The van der Waals surface area contributed by atoms with Crippen molar-refractivity contribution >= 4 is 116 Å². The molecule has 0 radical (unpaired) electrons. The minimum absolute atomic E-state index is 0. The van der Waals surface area contributed by atoms with E-state index in [1.165, 1.54) is 119 Å². The van der Waals surface area contributed by atoms with Crippen LogP contribution < -0.4 is 22.2 Å². The fourth-order valence-corrected chi connectivity index (χ4v) is 20.2. The van der Waals surface area contributed by atoms with Crippen molar-refractivity contribution in [3.63, 3.8) is 0 Å². The number of phenolic OH excluding ortho intramolecular Hbond substituents is 3. The number of benzene rings is 6. The van der Waals surface area contributed by atoms with Crippen molar-refractivity contribution in [3.05, 3.63) is 206 Å². The first kappa shape index (κ1) is 88.2. The molecular weight excluding hydrogens is 1610 g/mol. The molecule has 644 valence electrons. The number of anilines is 1. The topological polar surface area (TPSA) is 282 Å². The van der Waals surface area contributed by atoms with Crippen molar-refractivity contribution in [3.8, 4) is 39.8 Å². The number of imidazole rings is 1. The van der Waals surface area contributed by atoms with Gasteiger partial charge in [0.15, 0.2) is 22.2 Å². The van der Waals surface area contributed by atoms with Crippen LogP contribution in [0.2, 0.25) is 0 Å². The number of carbonyl (C=O) groups is 3. The van der Waals surface area contributed by atoms with Gasteiger partial charge < -0.3 is 50.0 Å². The number of nitrogens with two attached hydrogens (primary N) is 1. The van der Waals surface area contributed by atoms with Crippen LogP contribution in [0.5, 0.6) is 17.2 Å². The Bertz CT molecular complexity index is 5700. The molecule has 8 aliphatic rings. The Kier molecular flexibility index (Phi) is 28.6. The maximum atomic E-state index is 12.4. The number of para-hydroxylation sites is 2. The normalized spacial score (nSPS) is 18.4. The average molecular weight is 1730 g/mol. The van der Waals surface area contributed by atoms with E-state index in [0.717, 1.165) is 157 Å². The van der Waals surface area contributed by atoms with Crippen molar-refractivity contribution in [1.29, 1.82) is 0 Å². The van der Waals surface area contributed by atoms with Gasteiger partial charge in [-0.15, -0.1) is 22.7 Å². The number of hydrogen-bond donors (Lipinski definition) is 5. The first-order chi connectivity index (χ1) is 58.2. The summed E-state index contributed by atoms with van der Waals surface area (Å²) >= 11 is 6.40. The van der Waals surface area contributed by atoms with E-state index in [1.54, 1.807) is 58.5 Å². The van der Waals surface area contributed by atoms with E-state index in [9.17, 15) is 39.3 Å². The fourth-order valence-electron chi connectivity index (χ4n) is 16.4. The highest BCUT2D eigenvalue weighted by molar-refractivity contribution is 7.18. The van der Waals surface area contributed by atoms with Crippen LogP contribution in [0.25, 0.3) is 69.5 Å². The molecule has 28 heteroatoms. The molecule has 21 rings (SSSR count). The molecule has 4 aliphatic heterocycles. The first-order valence-corrected chi connectivity index (χ1v) is 45.7. The summed E-state index contributed by atoms with van der Waals surface area (Å²) in [5, 5.41) is 38.7. The quantitative estimate of drug-likeness (QED) is 0.0562. The van der Waals surface area contributed by atoms with Gasteiger partial charge >= 0.3 is 0 Å². The number of rotatable bonds is 16. The third-order valence-corrected chi connectivity index (χ3v) is 28.0. The van der Waals surface area contributed by atoms with E-state index >= 15 is 0 Å². The molecule has 11 heterocycles. The second kappa shape index (κ2) is 39.6.